The van der Waals surface area contributed by atoms with E-state index in [4.69, 9.17) is 5.11 Å². The highest BCUT2D eigenvalue weighted by atomic mass is 16.4. The highest BCUT2D eigenvalue weighted by Crippen LogP contribution is 2.11. The molecule has 0 bridgehead atoms. The molecular weight excluding hydrogens is 152 g/mol. The molecule has 0 atom stereocenters. The van der Waals surface area contributed by atoms with Gasteiger partial charge in [-0.15, -0.1) is 0 Å². The van der Waals surface area contributed by atoms with E-state index in [-0.39, 0.29) is 6.42 Å². The summed E-state index contributed by atoms with van der Waals surface area (Å²) in [5.41, 5.74) is 0.989. The first kappa shape index (κ1) is 8.78. The fourth-order valence-corrected chi connectivity index (χ4v) is 1.11. The van der Waals surface area contributed by atoms with Crippen LogP contribution in [0.2, 0.25) is 0 Å². The van der Waals surface area contributed by atoms with Crippen LogP contribution < -0.4 is 0 Å². The van der Waals surface area contributed by atoms with E-state index in [1.165, 1.54) is 0 Å². The molecule has 0 spiro atoms. The van der Waals surface area contributed by atoms with Crippen LogP contribution in [0.3, 0.4) is 0 Å². The van der Waals surface area contributed by atoms with E-state index in [9.17, 15) is 4.79 Å². The first-order chi connectivity index (χ1) is 5.79. The molecule has 0 radical (unpaired) electrons. The van der Waals surface area contributed by atoms with Crippen LogP contribution in [-0.2, 0) is 4.79 Å². The average molecular weight is 164 g/mol. The van der Waals surface area contributed by atoms with Crippen LogP contribution in [0.1, 0.15) is 19.3 Å². The minimum Gasteiger partial charge on any atom is -0.481 e. The smallest absolute Gasteiger partial charge is 0.307 e. The van der Waals surface area contributed by atoms with Gasteiger partial charge in [0.05, 0.1) is 6.42 Å². The maximum absolute atomic E-state index is 10.4. The van der Waals surface area contributed by atoms with Gasteiger partial charge >= 0.3 is 5.97 Å². The standard InChI is InChI=1S/C10H12O2/c11-10(12)8-9-6-4-2-1-3-5-7-9/h1-4,7H,5-6,8H2,(H,11,12)/b3-1-,4-2-,9-7+. The topological polar surface area (TPSA) is 37.3 Å². The summed E-state index contributed by atoms with van der Waals surface area (Å²) in [6.45, 7) is 0. The molecule has 12 heavy (non-hydrogen) atoms. The highest BCUT2D eigenvalue weighted by molar-refractivity contribution is 5.70. The number of hydrogen-bond acceptors (Lipinski definition) is 1. The summed E-state index contributed by atoms with van der Waals surface area (Å²) in [4.78, 5) is 10.4. The third kappa shape index (κ3) is 3.19. The molecule has 64 valence electrons. The molecule has 0 fully saturated rings. The third-order valence-corrected chi connectivity index (χ3v) is 1.68. The number of hydrogen-bond donors (Lipinski definition) is 1. The van der Waals surface area contributed by atoms with Gasteiger partial charge in [0.15, 0.2) is 0 Å². The third-order valence-electron chi connectivity index (χ3n) is 1.68. The van der Waals surface area contributed by atoms with Gasteiger partial charge in [0.2, 0.25) is 0 Å². The van der Waals surface area contributed by atoms with Crippen molar-refractivity contribution in [3.05, 3.63) is 36.0 Å². The molecule has 0 heterocycles. The molecular formula is C10H12O2. The Bertz CT molecular complexity index is 247. The summed E-state index contributed by atoms with van der Waals surface area (Å²) in [7, 11) is 0. The Labute approximate surface area is 71.9 Å². The van der Waals surface area contributed by atoms with Crippen molar-refractivity contribution >= 4 is 5.97 Å². The number of carbonyl (C=O) groups is 1. The molecule has 0 aromatic heterocycles. The maximum atomic E-state index is 10.4. The first-order valence-corrected chi connectivity index (χ1v) is 4.00. The second-order valence-corrected chi connectivity index (χ2v) is 2.73. The zero-order valence-electron chi connectivity index (χ0n) is 6.86. The average Bonchev–Trinajstić information content (AvgIpc) is 1.93. The Morgan fingerprint density at radius 2 is 2.17 bits per heavy atom. The SMILES string of the molecule is O=C(O)C/C1=C/C/C=C\C=C/C1. The van der Waals surface area contributed by atoms with Crippen LogP contribution in [0.5, 0.6) is 0 Å². The predicted molar refractivity (Wildman–Crippen MR) is 47.8 cm³/mol. The number of carboxylic acids is 1. The fourth-order valence-electron chi connectivity index (χ4n) is 1.11. The van der Waals surface area contributed by atoms with Crippen molar-refractivity contribution < 1.29 is 9.90 Å². The quantitative estimate of drug-likeness (QED) is 0.636. The van der Waals surface area contributed by atoms with Gasteiger partial charge in [0.1, 0.15) is 0 Å². The summed E-state index contributed by atoms with van der Waals surface area (Å²) in [6, 6.07) is 0. The van der Waals surface area contributed by atoms with Gasteiger partial charge in [0.25, 0.3) is 0 Å². The van der Waals surface area contributed by atoms with Gasteiger partial charge in [0, 0.05) is 0 Å². The summed E-state index contributed by atoms with van der Waals surface area (Å²) in [5.74, 6) is -0.751. The first-order valence-electron chi connectivity index (χ1n) is 4.00. The van der Waals surface area contributed by atoms with E-state index in [0.717, 1.165) is 18.4 Å². The van der Waals surface area contributed by atoms with Gasteiger partial charge in [-0.3, -0.25) is 4.79 Å². The molecule has 1 rings (SSSR count). The molecule has 0 saturated heterocycles. The van der Waals surface area contributed by atoms with Gasteiger partial charge in [-0.25, -0.2) is 0 Å². The Balaban J connectivity index is 2.57. The molecule has 0 saturated carbocycles. The normalized spacial score (nSPS) is 26.2. The highest BCUT2D eigenvalue weighted by Gasteiger charge is 2.01. The molecule has 2 heteroatoms. The minimum absolute atomic E-state index is 0.165. The fraction of sp³-hybridized carbons (Fsp3) is 0.300. The van der Waals surface area contributed by atoms with E-state index >= 15 is 0 Å². The molecule has 0 aliphatic heterocycles. The van der Waals surface area contributed by atoms with Crippen LogP contribution in [0, 0.1) is 0 Å². The Kier molecular flexibility index (Phi) is 3.33. The number of aliphatic carboxylic acids is 1. The molecule has 2 nitrogen and oxygen atoms in total. The van der Waals surface area contributed by atoms with Gasteiger partial charge in [-0.05, 0) is 12.8 Å². The van der Waals surface area contributed by atoms with E-state index in [1.54, 1.807) is 0 Å². The minimum atomic E-state index is -0.751. The summed E-state index contributed by atoms with van der Waals surface area (Å²) in [5, 5.41) is 8.54. The van der Waals surface area contributed by atoms with E-state index in [0.29, 0.717) is 0 Å². The number of allylic oxidation sites excluding steroid dienone is 5. The van der Waals surface area contributed by atoms with Crippen LogP contribution in [-0.4, -0.2) is 11.1 Å². The molecule has 1 aliphatic carbocycles. The van der Waals surface area contributed by atoms with Crippen molar-refractivity contribution in [1.29, 1.82) is 0 Å². The molecule has 0 aromatic rings. The molecule has 0 unspecified atom stereocenters. The zero-order valence-corrected chi connectivity index (χ0v) is 6.86. The van der Waals surface area contributed by atoms with Crippen LogP contribution >= 0.6 is 0 Å². The lowest BCUT2D eigenvalue weighted by Crippen LogP contribution is -1.97. The van der Waals surface area contributed by atoms with Crippen LogP contribution in [0.15, 0.2) is 36.0 Å². The van der Waals surface area contributed by atoms with E-state index < -0.39 is 5.97 Å². The summed E-state index contributed by atoms with van der Waals surface area (Å²) < 4.78 is 0. The van der Waals surface area contributed by atoms with E-state index in [2.05, 4.69) is 0 Å². The lowest BCUT2D eigenvalue weighted by Gasteiger charge is -2.01. The van der Waals surface area contributed by atoms with Crippen LogP contribution in [0.4, 0.5) is 0 Å². The largest absolute Gasteiger partial charge is 0.481 e. The maximum Gasteiger partial charge on any atom is 0.307 e. The van der Waals surface area contributed by atoms with Crippen LogP contribution in [0.25, 0.3) is 0 Å². The molecule has 0 amide bonds. The summed E-state index contributed by atoms with van der Waals surface area (Å²) >= 11 is 0. The molecule has 0 aromatic carbocycles. The summed E-state index contributed by atoms with van der Waals surface area (Å²) in [6.07, 6.45) is 11.7. The Hall–Kier alpha value is -1.31. The number of rotatable bonds is 2. The molecule has 1 N–H and O–H groups in total. The van der Waals surface area contributed by atoms with Gasteiger partial charge in [-0.2, -0.15) is 0 Å². The second-order valence-electron chi connectivity index (χ2n) is 2.73. The van der Waals surface area contributed by atoms with Crippen molar-refractivity contribution in [2.75, 3.05) is 0 Å². The van der Waals surface area contributed by atoms with Crippen molar-refractivity contribution in [3.63, 3.8) is 0 Å². The van der Waals surface area contributed by atoms with Crippen molar-refractivity contribution in [1.82, 2.24) is 0 Å². The van der Waals surface area contributed by atoms with Gasteiger partial charge < -0.3 is 5.11 Å². The lowest BCUT2D eigenvalue weighted by molar-refractivity contribution is -0.136. The molecule has 1 aliphatic rings. The second kappa shape index (κ2) is 4.54. The van der Waals surface area contributed by atoms with Crippen molar-refractivity contribution in [2.24, 2.45) is 0 Å². The lowest BCUT2D eigenvalue weighted by atomic mass is 10.1. The Morgan fingerprint density at radius 1 is 1.42 bits per heavy atom. The van der Waals surface area contributed by atoms with E-state index in [1.807, 2.05) is 30.4 Å². The van der Waals surface area contributed by atoms with Crippen molar-refractivity contribution in [2.45, 2.75) is 19.3 Å². The monoisotopic (exact) mass is 164 g/mol. The zero-order chi connectivity index (χ0) is 8.81. The number of carboxylic acid groups (broad SMARTS) is 1. The Morgan fingerprint density at radius 3 is 2.92 bits per heavy atom. The van der Waals surface area contributed by atoms with Crippen molar-refractivity contribution in [3.8, 4) is 0 Å². The predicted octanol–water partition coefficient (Wildman–Crippen LogP) is 2.29. The van der Waals surface area contributed by atoms with Gasteiger partial charge in [-0.1, -0.05) is 36.0 Å².